The number of rotatable bonds is 5. The molecule has 1 rings (SSSR count). The number of thiophene rings is 1. The highest BCUT2D eigenvalue weighted by Gasteiger charge is 2.27. The normalized spacial score (nSPS) is 12.2. The number of carboxylic acids is 1. The molecule has 0 aliphatic rings. The van der Waals surface area contributed by atoms with Crippen LogP contribution in [0.25, 0.3) is 6.08 Å². The van der Waals surface area contributed by atoms with E-state index in [2.05, 4.69) is 4.74 Å². The van der Waals surface area contributed by atoms with Crippen LogP contribution in [0.15, 0.2) is 18.2 Å². The van der Waals surface area contributed by atoms with E-state index < -0.39 is 18.8 Å². The Balaban J connectivity index is 2.43. The molecule has 0 amide bonds. The van der Waals surface area contributed by atoms with Crippen LogP contribution in [0, 0.1) is 0 Å². The second-order valence-corrected chi connectivity index (χ2v) is 4.28. The van der Waals surface area contributed by atoms with Crippen molar-refractivity contribution in [2.75, 3.05) is 6.61 Å². The zero-order valence-corrected chi connectivity index (χ0v) is 9.35. The highest BCUT2D eigenvalue weighted by Crippen LogP contribution is 2.20. The molecule has 0 spiro atoms. The fourth-order valence-corrected chi connectivity index (χ4v) is 1.84. The fourth-order valence-electron chi connectivity index (χ4n) is 0.982. The molecule has 1 aromatic heterocycles. The maximum absolute atomic E-state index is 11.8. The molecular formula is C10H9F3O3S. The van der Waals surface area contributed by atoms with E-state index in [1.807, 2.05) is 0 Å². The third-order valence-corrected chi connectivity index (χ3v) is 2.61. The Morgan fingerprint density at radius 2 is 2.18 bits per heavy atom. The molecule has 1 aromatic rings. The van der Waals surface area contributed by atoms with Gasteiger partial charge in [0.25, 0.3) is 0 Å². The van der Waals surface area contributed by atoms with Gasteiger partial charge in [0.15, 0.2) is 0 Å². The summed E-state index contributed by atoms with van der Waals surface area (Å²) in [6.07, 6.45) is -1.99. The first-order valence-electron chi connectivity index (χ1n) is 4.51. The predicted octanol–water partition coefficient (Wildman–Crippen LogP) is 2.92. The topological polar surface area (TPSA) is 46.5 Å². The number of aliphatic carboxylic acids is 1. The monoisotopic (exact) mass is 266 g/mol. The minimum Gasteiger partial charge on any atom is -0.478 e. The van der Waals surface area contributed by atoms with Crippen LogP contribution in [-0.4, -0.2) is 23.9 Å². The minimum absolute atomic E-state index is 0.134. The zero-order chi connectivity index (χ0) is 12.9. The molecule has 94 valence electrons. The number of ether oxygens (including phenoxy) is 1. The molecule has 1 heterocycles. The van der Waals surface area contributed by atoms with Crippen molar-refractivity contribution in [1.82, 2.24) is 0 Å². The SMILES string of the molecule is O=C(O)C=Cc1ccc(COCC(F)(F)F)s1. The molecule has 1 N–H and O–H groups in total. The predicted molar refractivity (Wildman–Crippen MR) is 56.7 cm³/mol. The summed E-state index contributed by atoms with van der Waals surface area (Å²) in [5.41, 5.74) is 0. The van der Waals surface area contributed by atoms with Gasteiger partial charge in [0, 0.05) is 15.8 Å². The summed E-state index contributed by atoms with van der Waals surface area (Å²) in [6, 6.07) is 3.22. The Morgan fingerprint density at radius 1 is 1.47 bits per heavy atom. The van der Waals surface area contributed by atoms with Crippen LogP contribution in [0.5, 0.6) is 0 Å². The van der Waals surface area contributed by atoms with Gasteiger partial charge in [0.2, 0.25) is 0 Å². The second-order valence-electron chi connectivity index (χ2n) is 3.08. The third kappa shape index (κ3) is 6.08. The summed E-state index contributed by atoms with van der Waals surface area (Å²) in [5.74, 6) is -1.08. The van der Waals surface area contributed by atoms with Crippen LogP contribution in [-0.2, 0) is 16.1 Å². The average molecular weight is 266 g/mol. The van der Waals surface area contributed by atoms with E-state index in [4.69, 9.17) is 5.11 Å². The maximum Gasteiger partial charge on any atom is 0.411 e. The zero-order valence-electron chi connectivity index (χ0n) is 8.53. The molecule has 0 unspecified atom stereocenters. The molecule has 0 saturated carbocycles. The number of hydrogen-bond acceptors (Lipinski definition) is 3. The van der Waals surface area contributed by atoms with Crippen LogP contribution in [0.3, 0.4) is 0 Å². The van der Waals surface area contributed by atoms with E-state index in [-0.39, 0.29) is 6.61 Å². The Labute approximate surface area is 99.1 Å². The molecule has 0 atom stereocenters. The van der Waals surface area contributed by atoms with E-state index in [0.717, 1.165) is 6.08 Å². The molecule has 0 aromatic carbocycles. The Morgan fingerprint density at radius 3 is 2.76 bits per heavy atom. The van der Waals surface area contributed by atoms with Gasteiger partial charge in [0.1, 0.15) is 6.61 Å². The lowest BCUT2D eigenvalue weighted by atomic mass is 10.4. The molecule has 0 saturated heterocycles. The van der Waals surface area contributed by atoms with Gasteiger partial charge in [-0.15, -0.1) is 11.3 Å². The molecule has 17 heavy (non-hydrogen) atoms. The standard InChI is InChI=1S/C10H9F3O3S/c11-10(12,13)6-16-5-8-2-1-7(17-8)3-4-9(14)15/h1-4H,5-6H2,(H,14,15). The lowest BCUT2D eigenvalue weighted by Crippen LogP contribution is -2.16. The summed E-state index contributed by atoms with van der Waals surface area (Å²) in [4.78, 5) is 11.5. The van der Waals surface area contributed by atoms with Crippen LogP contribution in [0.4, 0.5) is 13.2 Å². The molecule has 0 aliphatic carbocycles. The van der Waals surface area contributed by atoms with Gasteiger partial charge >= 0.3 is 12.1 Å². The molecule has 7 heteroatoms. The lowest BCUT2D eigenvalue weighted by molar-refractivity contribution is -0.176. The Kier molecular flexibility index (Phi) is 4.71. The summed E-state index contributed by atoms with van der Waals surface area (Å²) in [5, 5.41) is 8.38. The van der Waals surface area contributed by atoms with Crippen molar-refractivity contribution in [3.8, 4) is 0 Å². The second kappa shape index (κ2) is 5.83. The van der Waals surface area contributed by atoms with Crippen molar-refractivity contribution in [3.63, 3.8) is 0 Å². The van der Waals surface area contributed by atoms with E-state index in [1.165, 1.54) is 17.4 Å². The van der Waals surface area contributed by atoms with Crippen molar-refractivity contribution >= 4 is 23.4 Å². The van der Waals surface area contributed by atoms with E-state index in [0.29, 0.717) is 9.75 Å². The van der Waals surface area contributed by atoms with Gasteiger partial charge in [-0.1, -0.05) is 0 Å². The van der Waals surface area contributed by atoms with E-state index >= 15 is 0 Å². The number of carbonyl (C=O) groups is 1. The van der Waals surface area contributed by atoms with Crippen LogP contribution in [0.2, 0.25) is 0 Å². The van der Waals surface area contributed by atoms with Gasteiger partial charge in [-0.25, -0.2) is 4.79 Å². The largest absolute Gasteiger partial charge is 0.478 e. The first kappa shape index (κ1) is 13.7. The van der Waals surface area contributed by atoms with Gasteiger partial charge in [-0.05, 0) is 18.2 Å². The van der Waals surface area contributed by atoms with Crippen LogP contribution < -0.4 is 0 Å². The summed E-state index contributed by atoms with van der Waals surface area (Å²) < 4.78 is 39.8. The van der Waals surface area contributed by atoms with Gasteiger partial charge in [-0.3, -0.25) is 0 Å². The van der Waals surface area contributed by atoms with Crippen molar-refractivity contribution in [2.45, 2.75) is 12.8 Å². The molecule has 3 nitrogen and oxygen atoms in total. The number of halogens is 3. The Hall–Kier alpha value is -1.34. The minimum atomic E-state index is -4.33. The average Bonchev–Trinajstić information content (AvgIpc) is 2.61. The van der Waals surface area contributed by atoms with Gasteiger partial charge in [-0.2, -0.15) is 13.2 Å². The number of carboxylic acid groups (broad SMARTS) is 1. The van der Waals surface area contributed by atoms with Crippen molar-refractivity contribution < 1.29 is 27.8 Å². The smallest absolute Gasteiger partial charge is 0.411 e. The first-order chi connectivity index (χ1) is 7.87. The quantitative estimate of drug-likeness (QED) is 0.833. The summed E-state index contributed by atoms with van der Waals surface area (Å²) in [6.45, 7) is -1.42. The Bertz CT molecular complexity index is 409. The molecular weight excluding hydrogens is 257 g/mol. The number of alkyl halides is 3. The van der Waals surface area contributed by atoms with E-state index in [1.54, 1.807) is 12.1 Å². The molecule has 0 aliphatic heterocycles. The molecule has 0 radical (unpaired) electrons. The fraction of sp³-hybridized carbons (Fsp3) is 0.300. The third-order valence-electron chi connectivity index (χ3n) is 1.58. The van der Waals surface area contributed by atoms with Gasteiger partial charge < -0.3 is 9.84 Å². The van der Waals surface area contributed by atoms with Crippen LogP contribution >= 0.6 is 11.3 Å². The lowest BCUT2D eigenvalue weighted by Gasteiger charge is -2.05. The van der Waals surface area contributed by atoms with E-state index in [9.17, 15) is 18.0 Å². The summed E-state index contributed by atoms with van der Waals surface area (Å²) >= 11 is 1.18. The molecule has 0 fully saturated rings. The van der Waals surface area contributed by atoms with Crippen molar-refractivity contribution in [1.29, 1.82) is 0 Å². The number of hydrogen-bond donors (Lipinski definition) is 1. The first-order valence-corrected chi connectivity index (χ1v) is 5.33. The van der Waals surface area contributed by atoms with Crippen LogP contribution in [0.1, 0.15) is 9.75 Å². The highest BCUT2D eigenvalue weighted by molar-refractivity contribution is 7.12. The van der Waals surface area contributed by atoms with Gasteiger partial charge in [0.05, 0.1) is 6.61 Å². The van der Waals surface area contributed by atoms with Crippen molar-refractivity contribution in [2.24, 2.45) is 0 Å². The maximum atomic E-state index is 11.8. The van der Waals surface area contributed by atoms with Crippen molar-refractivity contribution in [3.05, 3.63) is 28.0 Å². The highest BCUT2D eigenvalue weighted by atomic mass is 32.1. The molecule has 0 bridgehead atoms. The summed E-state index contributed by atoms with van der Waals surface area (Å²) in [7, 11) is 0.